The Balaban J connectivity index is 2.20. The minimum Gasteiger partial charge on any atom is -0.463 e. The summed E-state index contributed by atoms with van der Waals surface area (Å²) in [5, 5.41) is 6.72. The molecule has 0 aromatic rings. The van der Waals surface area contributed by atoms with Gasteiger partial charge in [0.1, 0.15) is 30.8 Å². The lowest BCUT2D eigenvalue weighted by Crippen LogP contribution is -2.43. The topological polar surface area (TPSA) is 92.3 Å². The van der Waals surface area contributed by atoms with Gasteiger partial charge in [0.15, 0.2) is 0 Å². The van der Waals surface area contributed by atoms with Gasteiger partial charge in [-0.25, -0.2) is 14.6 Å². The molecule has 1 heterocycles. The van der Waals surface area contributed by atoms with E-state index < -0.39 is 23.1 Å². The molecule has 0 aromatic heterocycles. The third-order valence-corrected chi connectivity index (χ3v) is 2.35. The van der Waals surface area contributed by atoms with Crippen molar-refractivity contribution in [2.45, 2.75) is 33.3 Å². The van der Waals surface area contributed by atoms with Gasteiger partial charge in [-0.3, -0.25) is 4.79 Å². The van der Waals surface area contributed by atoms with Gasteiger partial charge in [0, 0.05) is 0 Å². The van der Waals surface area contributed by atoms with Crippen LogP contribution in [-0.2, 0) is 29.1 Å². The van der Waals surface area contributed by atoms with Crippen LogP contribution in [0.5, 0.6) is 0 Å². The predicted molar refractivity (Wildman–Crippen MR) is 66.3 cm³/mol. The van der Waals surface area contributed by atoms with Gasteiger partial charge in [0.05, 0.1) is 6.54 Å². The van der Waals surface area contributed by atoms with E-state index in [1.165, 1.54) is 0 Å². The Bertz CT molecular complexity index is 344. The molecule has 8 heteroatoms. The van der Waals surface area contributed by atoms with Crippen LogP contribution in [0.25, 0.3) is 0 Å². The molecule has 1 fully saturated rings. The van der Waals surface area contributed by atoms with Gasteiger partial charge >= 0.3 is 12.1 Å². The van der Waals surface area contributed by atoms with Crippen molar-refractivity contribution in [3.63, 3.8) is 0 Å². The number of ether oxygens (including phenoxy) is 2. The van der Waals surface area contributed by atoms with Crippen LogP contribution >= 0.6 is 0 Å². The zero-order valence-corrected chi connectivity index (χ0v) is 12.2. The first-order chi connectivity index (χ1) is 9.23. The average molecular weight is 291 g/mol. The molecule has 0 spiro atoms. The first-order valence-electron chi connectivity index (χ1n) is 6.28. The number of rotatable bonds is 4. The number of hydrogen-bond donors (Lipinski definition) is 1. The zero-order valence-electron chi connectivity index (χ0n) is 12.2. The van der Waals surface area contributed by atoms with E-state index in [1.807, 2.05) is 0 Å². The van der Waals surface area contributed by atoms with E-state index in [0.717, 1.165) is 0 Å². The fourth-order valence-electron chi connectivity index (χ4n) is 1.29. The van der Waals surface area contributed by atoms with E-state index in [4.69, 9.17) is 9.47 Å². The maximum absolute atomic E-state index is 11.8. The molecular weight excluding hydrogens is 270 g/mol. The highest BCUT2D eigenvalue weighted by molar-refractivity contribution is 5.76. The van der Waals surface area contributed by atoms with E-state index in [-0.39, 0.29) is 26.4 Å². The summed E-state index contributed by atoms with van der Waals surface area (Å²) in [7, 11) is 0. The summed E-state index contributed by atoms with van der Waals surface area (Å²) in [5.74, 6) is -0.480. The standard InChI is InChI=1S/C12H21NO7/c1-11(2,3)19-10(15)13-5-6-16-9(14)12(4)7-17-20-18-8-12/h5-8H2,1-4H3,(H,13,15). The Hall–Kier alpha value is -1.38. The lowest BCUT2D eigenvalue weighted by atomic mass is 9.93. The van der Waals surface area contributed by atoms with Crippen molar-refractivity contribution in [2.75, 3.05) is 26.4 Å². The maximum Gasteiger partial charge on any atom is 0.407 e. The van der Waals surface area contributed by atoms with E-state index in [2.05, 4.69) is 20.1 Å². The second-order valence-electron chi connectivity index (χ2n) is 5.72. The fourth-order valence-corrected chi connectivity index (χ4v) is 1.29. The van der Waals surface area contributed by atoms with Gasteiger partial charge < -0.3 is 14.8 Å². The van der Waals surface area contributed by atoms with E-state index in [1.54, 1.807) is 27.7 Å². The number of carbonyl (C=O) groups excluding carboxylic acids is 2. The van der Waals surface area contributed by atoms with Crippen molar-refractivity contribution < 1.29 is 33.9 Å². The van der Waals surface area contributed by atoms with Crippen LogP contribution in [0.15, 0.2) is 0 Å². The molecule has 1 rings (SSSR count). The Morgan fingerprint density at radius 3 is 2.40 bits per heavy atom. The third-order valence-electron chi connectivity index (χ3n) is 2.35. The second kappa shape index (κ2) is 6.87. The van der Waals surface area contributed by atoms with Crippen LogP contribution in [0.4, 0.5) is 4.79 Å². The van der Waals surface area contributed by atoms with Crippen LogP contribution < -0.4 is 5.32 Å². The molecule has 1 aliphatic rings. The Labute approximate surface area is 117 Å². The highest BCUT2D eigenvalue weighted by Gasteiger charge is 2.39. The lowest BCUT2D eigenvalue weighted by molar-refractivity contribution is -0.546. The molecule has 0 radical (unpaired) electrons. The molecule has 1 N–H and O–H groups in total. The average Bonchev–Trinajstić information content (AvgIpc) is 2.33. The quantitative estimate of drug-likeness (QED) is 0.468. The van der Waals surface area contributed by atoms with Crippen LogP contribution in [-0.4, -0.2) is 44.0 Å². The van der Waals surface area contributed by atoms with Crippen LogP contribution in [0.3, 0.4) is 0 Å². The van der Waals surface area contributed by atoms with Crippen molar-refractivity contribution in [2.24, 2.45) is 5.41 Å². The van der Waals surface area contributed by atoms with Crippen LogP contribution in [0.2, 0.25) is 0 Å². The first-order valence-corrected chi connectivity index (χ1v) is 6.28. The molecule has 0 aliphatic carbocycles. The summed E-state index contributed by atoms with van der Waals surface area (Å²) in [6.45, 7) is 7.22. The molecule has 8 nitrogen and oxygen atoms in total. The van der Waals surface area contributed by atoms with Crippen molar-refractivity contribution in [3.05, 3.63) is 0 Å². The van der Waals surface area contributed by atoms with Gasteiger partial charge in [-0.15, -0.1) is 0 Å². The number of nitrogens with one attached hydrogen (secondary N) is 1. The molecule has 0 unspecified atom stereocenters. The largest absolute Gasteiger partial charge is 0.463 e. The van der Waals surface area contributed by atoms with E-state index >= 15 is 0 Å². The molecule has 1 amide bonds. The van der Waals surface area contributed by atoms with Gasteiger partial charge in [0.25, 0.3) is 0 Å². The Morgan fingerprint density at radius 1 is 1.25 bits per heavy atom. The van der Waals surface area contributed by atoms with Crippen molar-refractivity contribution in [3.8, 4) is 0 Å². The highest BCUT2D eigenvalue weighted by atomic mass is 17.5. The van der Waals surface area contributed by atoms with Crippen LogP contribution in [0.1, 0.15) is 27.7 Å². The summed E-state index contributed by atoms with van der Waals surface area (Å²) in [4.78, 5) is 32.3. The number of hydrogen-bond acceptors (Lipinski definition) is 7. The van der Waals surface area contributed by atoms with E-state index in [0.29, 0.717) is 0 Å². The van der Waals surface area contributed by atoms with Gasteiger partial charge in [-0.05, 0) is 27.7 Å². The minimum absolute atomic E-state index is 0.0362. The monoisotopic (exact) mass is 291 g/mol. The van der Waals surface area contributed by atoms with Crippen molar-refractivity contribution in [1.29, 1.82) is 0 Å². The summed E-state index contributed by atoms with van der Waals surface area (Å²) < 4.78 is 10.1. The summed E-state index contributed by atoms with van der Waals surface area (Å²) in [6.07, 6.45) is -0.558. The number of esters is 1. The number of alkyl carbamates (subject to hydrolysis) is 1. The van der Waals surface area contributed by atoms with Gasteiger partial charge in [-0.1, -0.05) is 5.04 Å². The predicted octanol–water partition coefficient (Wildman–Crippen LogP) is 0.954. The fraction of sp³-hybridized carbons (Fsp3) is 0.833. The van der Waals surface area contributed by atoms with Crippen LogP contribution in [0, 0.1) is 5.41 Å². The molecule has 0 bridgehead atoms. The van der Waals surface area contributed by atoms with Gasteiger partial charge in [-0.2, -0.15) is 0 Å². The molecular formula is C12H21NO7. The minimum atomic E-state index is -0.913. The highest BCUT2D eigenvalue weighted by Crippen LogP contribution is 2.23. The molecule has 20 heavy (non-hydrogen) atoms. The Morgan fingerprint density at radius 2 is 1.85 bits per heavy atom. The normalized spacial score (nSPS) is 18.2. The molecule has 1 saturated heterocycles. The first kappa shape index (κ1) is 16.7. The smallest absolute Gasteiger partial charge is 0.407 e. The summed E-state index contributed by atoms with van der Waals surface area (Å²) >= 11 is 0. The molecule has 0 atom stereocenters. The van der Waals surface area contributed by atoms with Crippen molar-refractivity contribution in [1.82, 2.24) is 5.32 Å². The second-order valence-corrected chi connectivity index (χ2v) is 5.72. The van der Waals surface area contributed by atoms with E-state index in [9.17, 15) is 9.59 Å². The molecule has 116 valence electrons. The van der Waals surface area contributed by atoms with Gasteiger partial charge in [0.2, 0.25) is 0 Å². The number of carbonyl (C=O) groups is 2. The zero-order chi connectivity index (χ0) is 15.2. The molecule has 1 aliphatic heterocycles. The third kappa shape index (κ3) is 5.72. The Kier molecular flexibility index (Phi) is 5.73. The summed E-state index contributed by atoms with van der Waals surface area (Å²) in [6, 6.07) is 0. The lowest BCUT2D eigenvalue weighted by Gasteiger charge is -2.28. The molecule has 0 saturated carbocycles. The number of amides is 1. The SMILES string of the molecule is CC(C)(C)OC(=O)NCCOC(=O)C1(C)COOOC1. The summed E-state index contributed by atoms with van der Waals surface area (Å²) in [5.41, 5.74) is -1.48. The molecule has 0 aromatic carbocycles. The maximum atomic E-state index is 11.8. The van der Waals surface area contributed by atoms with Crippen molar-refractivity contribution >= 4 is 12.1 Å².